The molecular formula is C23H22FN3O2. The van der Waals surface area contributed by atoms with Crippen LogP contribution in [0.3, 0.4) is 0 Å². The summed E-state index contributed by atoms with van der Waals surface area (Å²) in [4.78, 5) is 31.8. The second-order valence-corrected chi connectivity index (χ2v) is 7.86. The molecule has 5 rings (SSSR count). The van der Waals surface area contributed by atoms with Crippen LogP contribution in [0.4, 0.5) is 4.39 Å². The smallest absolute Gasteiger partial charge is 0.261 e. The number of nitrogens with one attached hydrogen (secondary N) is 1. The Balaban J connectivity index is 1.20. The minimum Gasteiger partial charge on any atom is -0.361 e. The zero-order chi connectivity index (χ0) is 20.0. The number of benzene rings is 2. The van der Waals surface area contributed by atoms with Gasteiger partial charge in [0.05, 0.1) is 11.1 Å². The molecule has 1 aromatic heterocycles. The molecule has 1 fully saturated rings. The van der Waals surface area contributed by atoms with Crippen LogP contribution in [0.25, 0.3) is 10.9 Å². The Morgan fingerprint density at radius 3 is 2.34 bits per heavy atom. The fourth-order valence-corrected chi connectivity index (χ4v) is 4.61. The molecule has 2 aliphatic heterocycles. The summed E-state index contributed by atoms with van der Waals surface area (Å²) in [5.74, 6) is -0.170. The number of halogens is 1. The van der Waals surface area contributed by atoms with Crippen molar-refractivity contribution in [2.24, 2.45) is 0 Å². The van der Waals surface area contributed by atoms with Gasteiger partial charge >= 0.3 is 0 Å². The van der Waals surface area contributed by atoms with E-state index in [1.165, 1.54) is 22.6 Å². The van der Waals surface area contributed by atoms with Crippen molar-refractivity contribution in [2.45, 2.75) is 18.8 Å². The highest BCUT2D eigenvalue weighted by molar-refractivity contribution is 6.21. The fourth-order valence-electron chi connectivity index (χ4n) is 4.61. The number of aromatic nitrogens is 1. The summed E-state index contributed by atoms with van der Waals surface area (Å²) >= 11 is 0. The molecule has 0 bridgehead atoms. The minimum absolute atomic E-state index is 0.188. The monoisotopic (exact) mass is 391 g/mol. The van der Waals surface area contributed by atoms with Crippen molar-refractivity contribution in [1.82, 2.24) is 14.8 Å². The van der Waals surface area contributed by atoms with Crippen LogP contribution < -0.4 is 0 Å². The number of fused-ring (bicyclic) bond motifs is 2. The number of amides is 2. The lowest BCUT2D eigenvalue weighted by atomic mass is 9.89. The Hall–Kier alpha value is -2.99. The summed E-state index contributed by atoms with van der Waals surface area (Å²) in [6.07, 6.45) is 4.02. The Labute approximate surface area is 168 Å². The fraction of sp³-hybridized carbons (Fsp3) is 0.304. The second kappa shape index (κ2) is 7.12. The number of hydrogen-bond acceptors (Lipinski definition) is 3. The zero-order valence-corrected chi connectivity index (χ0v) is 16.0. The number of rotatable bonds is 4. The van der Waals surface area contributed by atoms with E-state index in [2.05, 4.69) is 9.88 Å². The molecule has 29 heavy (non-hydrogen) atoms. The van der Waals surface area contributed by atoms with Crippen LogP contribution in [0, 0.1) is 5.82 Å². The van der Waals surface area contributed by atoms with Gasteiger partial charge < -0.3 is 9.88 Å². The first-order chi connectivity index (χ1) is 14.1. The molecule has 148 valence electrons. The first kappa shape index (κ1) is 18.1. The first-order valence-electron chi connectivity index (χ1n) is 10.1. The lowest BCUT2D eigenvalue weighted by Gasteiger charge is -2.32. The average Bonchev–Trinajstić information content (AvgIpc) is 3.26. The molecule has 1 saturated heterocycles. The second-order valence-electron chi connectivity index (χ2n) is 7.86. The van der Waals surface area contributed by atoms with Gasteiger partial charge in [0.15, 0.2) is 0 Å². The maximum Gasteiger partial charge on any atom is 0.261 e. The maximum atomic E-state index is 13.4. The number of piperidine rings is 1. The summed E-state index contributed by atoms with van der Waals surface area (Å²) < 4.78 is 13.4. The number of likely N-dealkylation sites (tertiary alicyclic amines) is 1. The number of hydrogen-bond donors (Lipinski definition) is 1. The SMILES string of the molecule is O=C1c2ccccc2C(=O)N1CCN1CCC(c2c[nH]c3cc(F)ccc23)CC1. The number of imide groups is 1. The van der Waals surface area contributed by atoms with Crippen molar-refractivity contribution in [2.75, 3.05) is 26.2 Å². The van der Waals surface area contributed by atoms with Crippen molar-refractivity contribution in [3.8, 4) is 0 Å². The van der Waals surface area contributed by atoms with Gasteiger partial charge in [0.25, 0.3) is 11.8 Å². The predicted octanol–water partition coefficient (Wildman–Crippen LogP) is 3.78. The highest BCUT2D eigenvalue weighted by atomic mass is 19.1. The number of aromatic amines is 1. The number of carbonyl (C=O) groups is 2. The van der Waals surface area contributed by atoms with E-state index in [4.69, 9.17) is 0 Å². The third-order valence-electron chi connectivity index (χ3n) is 6.22. The largest absolute Gasteiger partial charge is 0.361 e. The van der Waals surface area contributed by atoms with Gasteiger partial charge in [0.1, 0.15) is 5.82 Å². The zero-order valence-electron chi connectivity index (χ0n) is 16.0. The Bertz CT molecular complexity index is 1060. The normalized spacial score (nSPS) is 18.0. The number of H-pyrrole nitrogens is 1. The van der Waals surface area contributed by atoms with Crippen LogP contribution in [0.15, 0.2) is 48.7 Å². The molecule has 2 amide bonds. The minimum atomic E-state index is -0.228. The van der Waals surface area contributed by atoms with Crippen molar-refractivity contribution < 1.29 is 14.0 Å². The standard InChI is InChI=1S/C23H22FN3O2/c24-16-5-6-17-20(14-25-21(17)13-16)15-7-9-26(10-8-15)11-12-27-22(28)18-3-1-2-4-19(18)23(27)29/h1-6,13-15,25H,7-12H2. The number of nitrogens with zero attached hydrogens (tertiary/aromatic N) is 2. The molecule has 1 N–H and O–H groups in total. The Kier molecular flexibility index (Phi) is 4.43. The molecule has 2 aromatic carbocycles. The van der Waals surface area contributed by atoms with Crippen molar-refractivity contribution in [3.63, 3.8) is 0 Å². The van der Waals surface area contributed by atoms with Gasteiger partial charge in [-0.25, -0.2) is 4.39 Å². The molecule has 2 aliphatic rings. The summed E-state index contributed by atoms with van der Waals surface area (Å²) in [5, 5.41) is 1.09. The number of carbonyl (C=O) groups excluding carboxylic acids is 2. The maximum absolute atomic E-state index is 13.4. The highest BCUT2D eigenvalue weighted by Gasteiger charge is 2.35. The van der Waals surface area contributed by atoms with Gasteiger partial charge in [0.2, 0.25) is 0 Å². The Morgan fingerprint density at radius 2 is 1.66 bits per heavy atom. The first-order valence-corrected chi connectivity index (χ1v) is 10.1. The molecule has 0 aliphatic carbocycles. The third kappa shape index (κ3) is 3.13. The van der Waals surface area contributed by atoms with Crippen LogP contribution >= 0.6 is 0 Å². The summed E-state index contributed by atoms with van der Waals surface area (Å²) in [5.41, 5.74) is 3.10. The lowest BCUT2D eigenvalue weighted by molar-refractivity contribution is 0.0629. The van der Waals surface area contributed by atoms with Gasteiger partial charge in [0, 0.05) is 30.2 Å². The molecule has 3 heterocycles. The van der Waals surface area contributed by atoms with E-state index in [0.29, 0.717) is 30.1 Å². The molecule has 5 nitrogen and oxygen atoms in total. The third-order valence-corrected chi connectivity index (χ3v) is 6.22. The summed E-state index contributed by atoms with van der Waals surface area (Å²) in [6, 6.07) is 11.9. The van der Waals surface area contributed by atoms with Gasteiger partial charge in [-0.1, -0.05) is 12.1 Å². The van der Waals surface area contributed by atoms with Crippen molar-refractivity contribution in [1.29, 1.82) is 0 Å². The summed E-state index contributed by atoms with van der Waals surface area (Å²) in [6.45, 7) is 2.95. The van der Waals surface area contributed by atoms with Crippen LogP contribution in [0.2, 0.25) is 0 Å². The van der Waals surface area contributed by atoms with Gasteiger partial charge in [-0.15, -0.1) is 0 Å². The highest BCUT2D eigenvalue weighted by Crippen LogP contribution is 2.33. The lowest BCUT2D eigenvalue weighted by Crippen LogP contribution is -2.41. The van der Waals surface area contributed by atoms with Crippen LogP contribution in [-0.2, 0) is 0 Å². The summed E-state index contributed by atoms with van der Waals surface area (Å²) in [7, 11) is 0. The molecule has 0 atom stereocenters. The van der Waals surface area contributed by atoms with Gasteiger partial charge in [-0.2, -0.15) is 0 Å². The molecule has 0 unspecified atom stereocenters. The van der Waals surface area contributed by atoms with Crippen LogP contribution in [0.1, 0.15) is 45.0 Å². The Morgan fingerprint density at radius 1 is 0.966 bits per heavy atom. The molecular weight excluding hydrogens is 369 g/mol. The van der Waals surface area contributed by atoms with Gasteiger partial charge in [-0.05, 0) is 67.7 Å². The van der Waals surface area contributed by atoms with E-state index < -0.39 is 0 Å². The van der Waals surface area contributed by atoms with Crippen LogP contribution in [-0.4, -0.2) is 52.8 Å². The van der Waals surface area contributed by atoms with E-state index in [9.17, 15) is 14.0 Å². The van der Waals surface area contributed by atoms with Gasteiger partial charge in [-0.3, -0.25) is 14.5 Å². The predicted molar refractivity (Wildman–Crippen MR) is 108 cm³/mol. The van der Waals surface area contributed by atoms with E-state index >= 15 is 0 Å². The quantitative estimate of drug-likeness (QED) is 0.689. The van der Waals surface area contributed by atoms with E-state index in [1.54, 1.807) is 24.3 Å². The average molecular weight is 391 g/mol. The molecule has 3 aromatic rings. The van der Waals surface area contributed by atoms with Crippen molar-refractivity contribution in [3.05, 3.63) is 71.2 Å². The van der Waals surface area contributed by atoms with E-state index in [0.717, 1.165) is 36.8 Å². The molecule has 0 saturated carbocycles. The van der Waals surface area contributed by atoms with Crippen molar-refractivity contribution >= 4 is 22.7 Å². The topological polar surface area (TPSA) is 56.4 Å². The van der Waals surface area contributed by atoms with E-state index in [1.807, 2.05) is 12.3 Å². The molecule has 6 heteroatoms. The molecule has 0 spiro atoms. The molecule has 0 radical (unpaired) electrons. The van der Waals surface area contributed by atoms with Crippen LogP contribution in [0.5, 0.6) is 0 Å². The van der Waals surface area contributed by atoms with E-state index in [-0.39, 0.29) is 17.6 Å².